The number of alkyl halides is 3. The third kappa shape index (κ3) is 8.09. The summed E-state index contributed by atoms with van der Waals surface area (Å²) >= 11 is 1.39. The number of carbonyl (C=O) groups excluding carboxylic acids is 2. The van der Waals surface area contributed by atoms with Crippen LogP contribution in [0.25, 0.3) is 21.3 Å². The van der Waals surface area contributed by atoms with Crippen LogP contribution in [-0.2, 0) is 22.3 Å². The van der Waals surface area contributed by atoms with Crippen LogP contribution in [0.4, 0.5) is 18.3 Å². The summed E-state index contributed by atoms with van der Waals surface area (Å²) in [6.07, 6.45) is 2.84. The summed E-state index contributed by atoms with van der Waals surface area (Å²) in [5.74, 6) is -0.284. The molecule has 0 radical (unpaired) electrons. The van der Waals surface area contributed by atoms with Crippen molar-refractivity contribution in [2.75, 3.05) is 11.9 Å². The van der Waals surface area contributed by atoms with Crippen LogP contribution in [-0.4, -0.2) is 67.7 Å². The van der Waals surface area contributed by atoms with Gasteiger partial charge in [-0.1, -0.05) is 17.4 Å². The van der Waals surface area contributed by atoms with E-state index in [0.29, 0.717) is 30.0 Å². The van der Waals surface area contributed by atoms with Crippen molar-refractivity contribution in [3.8, 4) is 11.1 Å². The number of pyridine rings is 1. The fourth-order valence-corrected chi connectivity index (χ4v) is 6.60. The van der Waals surface area contributed by atoms with Gasteiger partial charge in [-0.05, 0) is 68.9 Å². The molecule has 2 fully saturated rings. The number of halogens is 3. The molecule has 2 aliphatic carbocycles. The first-order chi connectivity index (χ1) is 22.5. The van der Waals surface area contributed by atoms with Gasteiger partial charge >= 0.3 is 6.18 Å². The van der Waals surface area contributed by atoms with Gasteiger partial charge < -0.3 is 25.8 Å². The Morgan fingerprint density at radius 2 is 1.85 bits per heavy atom. The minimum atomic E-state index is -4.51. The zero-order valence-electron chi connectivity index (χ0n) is 25.5. The number of nitrogens with one attached hydrogen (secondary N) is 3. The minimum Gasteiger partial charge on any atom is -0.390 e. The number of hydrogen-bond acceptors (Lipinski definition) is 10. The second kappa shape index (κ2) is 14.0. The molecule has 47 heavy (non-hydrogen) atoms. The van der Waals surface area contributed by atoms with Crippen molar-refractivity contribution < 1.29 is 32.6 Å². The summed E-state index contributed by atoms with van der Waals surface area (Å²) in [6, 6.07) is 7.66. The highest BCUT2D eigenvalue weighted by Gasteiger charge is 2.35. The van der Waals surface area contributed by atoms with Crippen LogP contribution in [0.3, 0.4) is 0 Å². The molecule has 0 bridgehead atoms. The Hall–Kier alpha value is -4.05. The molecule has 3 heterocycles. The third-order valence-electron chi connectivity index (χ3n) is 8.42. The van der Waals surface area contributed by atoms with Gasteiger partial charge in [-0.25, -0.2) is 15.0 Å². The molecule has 1 unspecified atom stereocenters. The highest BCUT2D eigenvalue weighted by atomic mass is 32.1. The van der Waals surface area contributed by atoms with E-state index in [1.165, 1.54) is 11.3 Å². The molecule has 2 aliphatic rings. The number of nitrogens with zero attached hydrogens (tertiary/aromatic N) is 4. The topological polar surface area (TPSA) is 151 Å². The van der Waals surface area contributed by atoms with Crippen LogP contribution in [0.5, 0.6) is 0 Å². The third-order valence-corrected chi connectivity index (χ3v) is 9.36. The fraction of sp³-hybridized carbons (Fsp3) is 0.438. The van der Waals surface area contributed by atoms with Crippen molar-refractivity contribution in [3.05, 3.63) is 66.0 Å². The van der Waals surface area contributed by atoms with E-state index < -0.39 is 23.8 Å². The highest BCUT2D eigenvalue weighted by molar-refractivity contribution is 7.22. The molecule has 3 aromatic heterocycles. The smallest absolute Gasteiger partial charge is 0.390 e. The number of aliphatic hydroxyl groups is 1. The molecule has 4 aromatic rings. The molecule has 0 spiro atoms. The summed E-state index contributed by atoms with van der Waals surface area (Å²) in [7, 11) is 0. The monoisotopic (exact) mass is 669 g/mol. The number of rotatable bonds is 11. The number of carbonyl (C=O) groups is 2. The van der Waals surface area contributed by atoms with E-state index in [1.807, 2.05) is 25.1 Å². The summed E-state index contributed by atoms with van der Waals surface area (Å²) < 4.78 is 44.8. The summed E-state index contributed by atoms with van der Waals surface area (Å²) in [6.45, 7) is 2.38. The molecule has 3 atom stereocenters. The number of fused-ring (bicyclic) bond motifs is 1. The SMILES string of the molecule is C[C@@H](CNC(=O)c1ccc(C(F)(F)F)cn1)N[C@H]1C[C@@H](C(=O)Nc2nc3ccc(-c4cnc(COC5CCC[C@@H]5O)nc4)cc3s2)C1. The molecular weight excluding hydrogens is 635 g/mol. The Kier molecular flexibility index (Phi) is 9.77. The van der Waals surface area contributed by atoms with Crippen molar-refractivity contribution in [2.24, 2.45) is 5.92 Å². The van der Waals surface area contributed by atoms with Gasteiger partial charge in [-0.3, -0.25) is 14.6 Å². The molecule has 2 saturated carbocycles. The molecule has 4 N–H and O–H groups in total. The van der Waals surface area contributed by atoms with Crippen molar-refractivity contribution in [1.29, 1.82) is 0 Å². The lowest BCUT2D eigenvalue weighted by molar-refractivity contribution is -0.137. The molecule has 0 aliphatic heterocycles. The maximum absolute atomic E-state index is 12.9. The van der Waals surface area contributed by atoms with E-state index in [9.17, 15) is 27.9 Å². The number of anilines is 1. The van der Waals surface area contributed by atoms with Crippen molar-refractivity contribution >= 4 is 38.5 Å². The van der Waals surface area contributed by atoms with Gasteiger partial charge in [0, 0.05) is 48.7 Å². The summed E-state index contributed by atoms with van der Waals surface area (Å²) in [4.78, 5) is 42.2. The number of thiazole rings is 1. The minimum absolute atomic E-state index is 0.0919. The van der Waals surface area contributed by atoms with E-state index in [4.69, 9.17) is 4.74 Å². The molecule has 248 valence electrons. The zero-order valence-corrected chi connectivity index (χ0v) is 26.3. The lowest BCUT2D eigenvalue weighted by atomic mass is 9.79. The van der Waals surface area contributed by atoms with Crippen LogP contribution < -0.4 is 16.0 Å². The Morgan fingerprint density at radius 1 is 1.06 bits per heavy atom. The maximum Gasteiger partial charge on any atom is 0.417 e. The Bertz CT molecular complexity index is 1710. The van der Waals surface area contributed by atoms with E-state index in [1.54, 1.807) is 12.4 Å². The van der Waals surface area contributed by atoms with E-state index in [-0.39, 0.29) is 48.9 Å². The Labute approximate surface area is 272 Å². The number of aliphatic hydroxyl groups excluding tert-OH is 1. The maximum atomic E-state index is 12.9. The number of hydrogen-bond donors (Lipinski definition) is 4. The molecule has 11 nitrogen and oxygen atoms in total. The van der Waals surface area contributed by atoms with Crippen LogP contribution in [0, 0.1) is 5.92 Å². The first-order valence-electron chi connectivity index (χ1n) is 15.4. The summed E-state index contributed by atoms with van der Waals surface area (Å²) in [5.41, 5.74) is 1.52. The van der Waals surface area contributed by atoms with Gasteiger partial charge in [0.1, 0.15) is 12.3 Å². The number of aromatic nitrogens is 4. The summed E-state index contributed by atoms with van der Waals surface area (Å²) in [5, 5.41) is 19.4. The standard InChI is InChI=1S/C32H34F3N7O4S/c1-17(12-39-30(45)24-8-6-21(15-36-24)32(33,34)35)40-22-9-19(10-22)29(44)42-31-41-23-7-5-18(11-27(23)47-31)20-13-37-28(38-14-20)16-46-26-4-2-3-25(26)43/h5-8,11,13-15,17,19,22,25-26,40,43H,2-4,9-10,12,16H2,1H3,(H,39,45)(H,41,42,44)/t17-,19-,22+,25-,26?/m0/s1. The highest BCUT2D eigenvalue weighted by Crippen LogP contribution is 2.33. The van der Waals surface area contributed by atoms with Gasteiger partial charge in [-0.15, -0.1) is 0 Å². The predicted molar refractivity (Wildman–Crippen MR) is 168 cm³/mol. The first kappa shape index (κ1) is 32.9. The lowest BCUT2D eigenvalue weighted by Crippen LogP contribution is -2.51. The van der Waals surface area contributed by atoms with Crippen LogP contribution in [0.15, 0.2) is 48.9 Å². The van der Waals surface area contributed by atoms with Gasteiger partial charge in [0.25, 0.3) is 5.91 Å². The second-order valence-electron chi connectivity index (χ2n) is 12.0. The molecular formula is C32H34F3N7O4S. The quantitative estimate of drug-likeness (QED) is 0.178. The van der Waals surface area contributed by atoms with E-state index in [2.05, 4.69) is 35.9 Å². The molecule has 2 amide bonds. The largest absolute Gasteiger partial charge is 0.417 e. The molecule has 6 rings (SSSR count). The van der Waals surface area contributed by atoms with Crippen LogP contribution in [0.2, 0.25) is 0 Å². The van der Waals surface area contributed by atoms with Crippen LogP contribution in [0.1, 0.15) is 60.9 Å². The average Bonchev–Trinajstić information content (AvgIpc) is 3.64. The Morgan fingerprint density at radius 3 is 2.53 bits per heavy atom. The fourth-order valence-electron chi connectivity index (χ4n) is 5.69. The average molecular weight is 670 g/mol. The normalized spacial score (nSPS) is 21.7. The lowest BCUT2D eigenvalue weighted by Gasteiger charge is -2.36. The Balaban J connectivity index is 0.939. The van der Waals surface area contributed by atoms with Crippen molar-refractivity contribution in [1.82, 2.24) is 30.6 Å². The van der Waals surface area contributed by atoms with E-state index in [0.717, 1.165) is 52.7 Å². The molecule has 0 saturated heterocycles. The van der Waals surface area contributed by atoms with Gasteiger partial charge in [0.05, 0.1) is 28.0 Å². The first-order valence-corrected chi connectivity index (χ1v) is 16.2. The van der Waals surface area contributed by atoms with Gasteiger partial charge in [0.15, 0.2) is 11.0 Å². The van der Waals surface area contributed by atoms with Gasteiger partial charge in [0.2, 0.25) is 5.91 Å². The van der Waals surface area contributed by atoms with Crippen LogP contribution >= 0.6 is 11.3 Å². The van der Waals surface area contributed by atoms with E-state index >= 15 is 0 Å². The predicted octanol–water partition coefficient (Wildman–Crippen LogP) is 4.72. The van der Waals surface area contributed by atoms with Gasteiger partial charge in [-0.2, -0.15) is 13.2 Å². The number of amides is 2. The second-order valence-corrected chi connectivity index (χ2v) is 13.0. The number of ether oxygens (including phenoxy) is 1. The van der Waals surface area contributed by atoms with Crippen molar-refractivity contribution in [3.63, 3.8) is 0 Å². The number of benzene rings is 1. The molecule has 1 aromatic carbocycles. The van der Waals surface area contributed by atoms with Crippen molar-refractivity contribution in [2.45, 2.75) is 76.1 Å². The molecule has 15 heteroatoms. The zero-order chi connectivity index (χ0) is 33.1.